The van der Waals surface area contributed by atoms with Crippen molar-refractivity contribution in [3.8, 4) is 0 Å². The third-order valence-corrected chi connectivity index (χ3v) is 5.48. The lowest BCUT2D eigenvalue weighted by atomic mass is 10.1. The molecule has 0 saturated heterocycles. The maximum absolute atomic E-state index is 12.9. The van der Waals surface area contributed by atoms with Gasteiger partial charge in [-0.05, 0) is 41.9 Å². The summed E-state index contributed by atoms with van der Waals surface area (Å²) < 4.78 is 14.6. The van der Waals surface area contributed by atoms with E-state index in [1.54, 1.807) is 34.9 Å². The van der Waals surface area contributed by atoms with Crippen molar-refractivity contribution in [2.24, 2.45) is 0 Å². The monoisotopic (exact) mass is 395 g/mol. The molecule has 120 valence electrons. The quantitative estimate of drug-likeness (QED) is 0.637. The molecule has 2 atom stereocenters. The number of aliphatic carboxylic acids is 1. The van der Waals surface area contributed by atoms with Gasteiger partial charge in [-0.15, -0.1) is 0 Å². The zero-order valence-electron chi connectivity index (χ0n) is 12.3. The van der Waals surface area contributed by atoms with Crippen LogP contribution in [0.25, 0.3) is 0 Å². The van der Waals surface area contributed by atoms with Gasteiger partial charge in [0.2, 0.25) is 5.78 Å². The van der Waals surface area contributed by atoms with E-state index in [0.717, 1.165) is 4.47 Å². The number of carboxylic acid groups (broad SMARTS) is 1. The van der Waals surface area contributed by atoms with E-state index in [2.05, 4.69) is 15.9 Å². The van der Waals surface area contributed by atoms with Crippen LogP contribution in [0.4, 0.5) is 0 Å². The van der Waals surface area contributed by atoms with E-state index in [0.29, 0.717) is 34.8 Å². The number of hydrogen-bond acceptors (Lipinski definition) is 3. The van der Waals surface area contributed by atoms with Crippen LogP contribution in [0.3, 0.4) is 0 Å². The van der Waals surface area contributed by atoms with Gasteiger partial charge in [0.1, 0.15) is 11.9 Å². The number of aromatic nitrogens is 1. The molecule has 0 saturated carbocycles. The molecule has 1 aliphatic rings. The molecule has 0 bridgehead atoms. The average Bonchev–Trinajstić information content (AvgIpc) is 3.05. The fourth-order valence-corrected chi connectivity index (χ4v) is 3.95. The van der Waals surface area contributed by atoms with Crippen LogP contribution in [-0.2, 0) is 22.5 Å². The van der Waals surface area contributed by atoms with Gasteiger partial charge in [-0.3, -0.25) is 9.59 Å². The smallest absolute Gasteiger partial charge is 0.312 e. The third-order valence-electron chi connectivity index (χ3n) is 4.02. The van der Waals surface area contributed by atoms with Crippen LogP contribution in [0.2, 0.25) is 0 Å². The van der Waals surface area contributed by atoms with Crippen LogP contribution in [0, 0.1) is 0 Å². The van der Waals surface area contributed by atoms with Gasteiger partial charge in [0, 0.05) is 28.3 Å². The number of fused-ring (bicyclic) bond motifs is 1. The van der Waals surface area contributed by atoms with E-state index in [4.69, 9.17) is 0 Å². The molecule has 3 rings (SSSR count). The Morgan fingerprint density at radius 1 is 1.35 bits per heavy atom. The second-order valence-electron chi connectivity index (χ2n) is 5.40. The van der Waals surface area contributed by atoms with Crippen LogP contribution in [0.1, 0.15) is 34.1 Å². The van der Waals surface area contributed by atoms with Gasteiger partial charge in [0.25, 0.3) is 0 Å². The van der Waals surface area contributed by atoms with Crippen molar-refractivity contribution >= 4 is 38.9 Å². The summed E-state index contributed by atoms with van der Waals surface area (Å²) in [7, 11) is 0. The van der Waals surface area contributed by atoms with Gasteiger partial charge in [0.15, 0.2) is 4.90 Å². The van der Waals surface area contributed by atoms with E-state index in [1.165, 1.54) is 6.26 Å². The van der Waals surface area contributed by atoms with Crippen LogP contribution in [0.15, 0.2) is 39.7 Å². The molecular weight excluding hydrogens is 382 g/mol. The van der Waals surface area contributed by atoms with Crippen molar-refractivity contribution < 1.29 is 19.2 Å². The molecule has 1 aliphatic heterocycles. The zero-order valence-corrected chi connectivity index (χ0v) is 14.7. The Morgan fingerprint density at radius 2 is 2.00 bits per heavy atom. The number of nitrogens with zero attached hydrogens (tertiary/aromatic N) is 1. The van der Waals surface area contributed by atoms with E-state index in [9.17, 15) is 19.2 Å². The second kappa shape index (κ2) is 6.14. The maximum atomic E-state index is 12.9. The first-order valence-corrected chi connectivity index (χ1v) is 9.35. The molecule has 2 aromatic rings. The molecule has 1 aromatic carbocycles. The van der Waals surface area contributed by atoms with Gasteiger partial charge >= 0.3 is 5.97 Å². The molecule has 0 radical (unpaired) electrons. The maximum Gasteiger partial charge on any atom is 0.312 e. The van der Waals surface area contributed by atoms with E-state index in [1.807, 2.05) is 0 Å². The SMILES string of the molecule is C[S+]([O-])c1cc2n(c1C(=O)c1ccc(Br)cc1)CCC2C(=O)O. The van der Waals surface area contributed by atoms with E-state index < -0.39 is 23.1 Å². The Morgan fingerprint density at radius 3 is 2.57 bits per heavy atom. The molecular formula is C16H14BrNO4S. The Balaban J connectivity index is 2.11. The highest BCUT2D eigenvalue weighted by Gasteiger charge is 2.37. The lowest BCUT2D eigenvalue weighted by Crippen LogP contribution is -2.13. The summed E-state index contributed by atoms with van der Waals surface area (Å²) in [4.78, 5) is 24.6. The van der Waals surface area contributed by atoms with Crippen molar-refractivity contribution in [1.82, 2.24) is 4.57 Å². The van der Waals surface area contributed by atoms with Crippen molar-refractivity contribution in [3.63, 3.8) is 0 Å². The molecule has 0 amide bonds. The number of benzene rings is 1. The lowest BCUT2D eigenvalue weighted by Gasteiger charge is -2.09. The van der Waals surface area contributed by atoms with Gasteiger partial charge in [-0.2, -0.15) is 0 Å². The zero-order chi connectivity index (χ0) is 16.7. The van der Waals surface area contributed by atoms with E-state index in [-0.39, 0.29) is 5.78 Å². The molecule has 0 fully saturated rings. The van der Waals surface area contributed by atoms with Crippen molar-refractivity contribution in [1.29, 1.82) is 0 Å². The summed E-state index contributed by atoms with van der Waals surface area (Å²) in [5.74, 6) is -1.80. The molecule has 7 heteroatoms. The minimum absolute atomic E-state index is 0.236. The lowest BCUT2D eigenvalue weighted by molar-refractivity contribution is -0.138. The Hall–Kier alpha value is -1.57. The van der Waals surface area contributed by atoms with Crippen LogP contribution in [0.5, 0.6) is 0 Å². The summed E-state index contributed by atoms with van der Waals surface area (Å²) >= 11 is 1.96. The molecule has 2 unspecified atom stereocenters. The van der Waals surface area contributed by atoms with Gasteiger partial charge < -0.3 is 14.2 Å². The van der Waals surface area contributed by atoms with Crippen molar-refractivity contribution in [3.05, 3.63) is 51.8 Å². The number of carboxylic acids is 1. The summed E-state index contributed by atoms with van der Waals surface area (Å²) in [6.45, 7) is 0.446. The van der Waals surface area contributed by atoms with Crippen LogP contribution < -0.4 is 0 Å². The minimum atomic E-state index is -1.37. The molecule has 0 spiro atoms. The number of ketones is 1. The first kappa shape index (κ1) is 16.3. The predicted octanol–water partition coefficient (Wildman–Crippen LogP) is 2.79. The minimum Gasteiger partial charge on any atom is -0.612 e. The predicted molar refractivity (Wildman–Crippen MR) is 89.3 cm³/mol. The molecule has 2 heterocycles. The molecule has 23 heavy (non-hydrogen) atoms. The Kier molecular flexibility index (Phi) is 4.35. The highest BCUT2D eigenvalue weighted by molar-refractivity contribution is 9.10. The number of hydrogen-bond donors (Lipinski definition) is 1. The summed E-state index contributed by atoms with van der Waals surface area (Å²) in [6.07, 6.45) is 1.95. The largest absolute Gasteiger partial charge is 0.612 e. The third kappa shape index (κ3) is 2.84. The fraction of sp³-hybridized carbons (Fsp3) is 0.250. The second-order valence-corrected chi connectivity index (χ2v) is 7.67. The molecule has 5 nitrogen and oxygen atoms in total. The van der Waals surface area contributed by atoms with Crippen LogP contribution in [-0.4, -0.2) is 32.2 Å². The van der Waals surface area contributed by atoms with Crippen molar-refractivity contribution in [2.45, 2.75) is 23.8 Å². The first-order chi connectivity index (χ1) is 10.9. The van der Waals surface area contributed by atoms with Gasteiger partial charge in [0.05, 0.1) is 5.92 Å². The van der Waals surface area contributed by atoms with E-state index >= 15 is 0 Å². The number of rotatable bonds is 4. The number of halogens is 1. The number of carbonyl (C=O) groups is 2. The van der Waals surface area contributed by atoms with Gasteiger partial charge in [-0.1, -0.05) is 15.9 Å². The average molecular weight is 396 g/mol. The van der Waals surface area contributed by atoms with Gasteiger partial charge in [-0.25, -0.2) is 0 Å². The summed E-state index contributed by atoms with van der Waals surface area (Å²) in [6, 6.07) is 8.53. The normalized spacial score (nSPS) is 17.8. The highest BCUT2D eigenvalue weighted by Crippen LogP contribution is 2.35. The standard InChI is InChI=1S/C16H14BrNO4S/c1-23(22)13-8-12-11(16(20)21)6-7-18(12)14(13)15(19)9-2-4-10(17)5-3-9/h2-5,8,11H,6-7H2,1H3,(H,20,21). The topological polar surface area (TPSA) is 82.4 Å². The Bertz CT molecular complexity index is 782. The molecule has 1 N–H and O–H groups in total. The van der Waals surface area contributed by atoms with Crippen molar-refractivity contribution in [2.75, 3.05) is 6.26 Å². The number of carbonyl (C=O) groups excluding carboxylic acids is 1. The Labute approximate surface area is 144 Å². The summed E-state index contributed by atoms with van der Waals surface area (Å²) in [5.41, 5.74) is 1.38. The highest BCUT2D eigenvalue weighted by atomic mass is 79.9. The first-order valence-electron chi connectivity index (χ1n) is 7.00. The molecule has 0 aliphatic carbocycles. The summed E-state index contributed by atoms with van der Waals surface area (Å²) in [5, 5.41) is 9.31. The van der Waals surface area contributed by atoms with Crippen LogP contribution >= 0.6 is 15.9 Å². The fourth-order valence-electron chi connectivity index (χ4n) is 2.92. The molecule has 1 aromatic heterocycles.